The summed E-state index contributed by atoms with van der Waals surface area (Å²) in [5.74, 6) is 0.479. The zero-order valence-corrected chi connectivity index (χ0v) is 18.7. The minimum Gasteiger partial charge on any atom is -0.350 e. The summed E-state index contributed by atoms with van der Waals surface area (Å²) >= 11 is 0. The number of fused-ring (bicyclic) bond motifs is 6. The lowest BCUT2D eigenvalue weighted by molar-refractivity contribution is -0.149. The Balaban J connectivity index is 1.14. The van der Waals surface area contributed by atoms with Gasteiger partial charge < -0.3 is 9.88 Å². The minimum atomic E-state index is -0.325. The molecule has 3 heterocycles. The zero-order valence-electron chi connectivity index (χ0n) is 18.7. The van der Waals surface area contributed by atoms with Crippen molar-refractivity contribution in [1.82, 2.24) is 19.9 Å². The van der Waals surface area contributed by atoms with Crippen LogP contribution in [0.4, 0.5) is 0 Å². The highest BCUT2D eigenvalue weighted by Crippen LogP contribution is 2.58. The fourth-order valence-corrected chi connectivity index (χ4v) is 6.34. The number of hydrogen-bond acceptors (Lipinski definition) is 4. The molecule has 3 saturated carbocycles. The first kappa shape index (κ1) is 20.3. The first-order chi connectivity index (χ1) is 16.1. The van der Waals surface area contributed by atoms with E-state index < -0.39 is 0 Å². The van der Waals surface area contributed by atoms with Gasteiger partial charge in [0, 0.05) is 29.0 Å². The summed E-state index contributed by atoms with van der Waals surface area (Å²) < 4.78 is 2.15. The van der Waals surface area contributed by atoms with E-state index in [1.165, 1.54) is 11.1 Å². The van der Waals surface area contributed by atoms with E-state index in [-0.39, 0.29) is 22.8 Å². The average molecular weight is 441 g/mol. The lowest BCUT2D eigenvalue weighted by Crippen LogP contribution is -2.52. The summed E-state index contributed by atoms with van der Waals surface area (Å²) in [4.78, 5) is 35.5. The highest BCUT2D eigenvalue weighted by molar-refractivity contribution is 5.89. The first-order valence-corrected chi connectivity index (χ1v) is 11.9. The average Bonchev–Trinajstić information content (AvgIpc) is 3.47. The molecule has 3 fully saturated rings. The number of hydrogen-bond donors (Lipinski definition) is 1. The van der Waals surface area contributed by atoms with Gasteiger partial charge in [0.1, 0.15) is 5.78 Å². The summed E-state index contributed by atoms with van der Waals surface area (Å²) in [6, 6.07) is 14.1. The van der Waals surface area contributed by atoms with Crippen LogP contribution in [0, 0.1) is 10.8 Å². The third-order valence-electron chi connectivity index (χ3n) is 8.45. The number of nitrogens with one attached hydrogen (secondary N) is 1. The molecule has 1 N–H and O–H groups in total. The van der Waals surface area contributed by atoms with Crippen molar-refractivity contribution in [2.75, 3.05) is 0 Å². The number of amides is 1. The van der Waals surface area contributed by atoms with Crippen molar-refractivity contribution in [1.29, 1.82) is 0 Å². The molecule has 6 heteroatoms. The SMILES string of the molecule is O=C(CC1c2ccccc2-c2cncn21)C12CCC(C(=O)NCc3ccccn3)(CC1)CC2. The lowest BCUT2D eigenvalue weighted by atomic mass is 9.51. The number of rotatable bonds is 6. The Bertz CT molecular complexity index is 1190. The van der Waals surface area contributed by atoms with E-state index in [0.29, 0.717) is 18.7 Å². The number of ketones is 1. The zero-order chi connectivity index (χ0) is 22.5. The molecule has 1 unspecified atom stereocenters. The van der Waals surface area contributed by atoms with Gasteiger partial charge in [-0.3, -0.25) is 14.6 Å². The third kappa shape index (κ3) is 3.23. The van der Waals surface area contributed by atoms with Crippen molar-refractivity contribution in [3.8, 4) is 11.3 Å². The Morgan fingerprint density at radius 3 is 2.45 bits per heavy atom. The normalized spacial score (nSPS) is 27.1. The van der Waals surface area contributed by atoms with Crippen molar-refractivity contribution >= 4 is 11.7 Å². The van der Waals surface area contributed by atoms with Gasteiger partial charge in [-0.25, -0.2) is 4.98 Å². The van der Waals surface area contributed by atoms with Gasteiger partial charge in [0.25, 0.3) is 0 Å². The lowest BCUT2D eigenvalue weighted by Gasteiger charge is -2.51. The van der Waals surface area contributed by atoms with E-state index in [4.69, 9.17) is 0 Å². The van der Waals surface area contributed by atoms with E-state index in [2.05, 4.69) is 32.0 Å². The van der Waals surface area contributed by atoms with Crippen LogP contribution >= 0.6 is 0 Å². The molecule has 4 aliphatic rings. The molecule has 2 aromatic heterocycles. The number of aromatic nitrogens is 3. The molecule has 1 atom stereocenters. The molecule has 0 saturated heterocycles. The first-order valence-electron chi connectivity index (χ1n) is 11.9. The van der Waals surface area contributed by atoms with Gasteiger partial charge in [0.05, 0.1) is 36.5 Å². The second-order valence-corrected chi connectivity index (χ2v) is 9.98. The number of benzene rings is 1. The fourth-order valence-electron chi connectivity index (χ4n) is 6.34. The molecular weight excluding hydrogens is 412 g/mol. The third-order valence-corrected chi connectivity index (χ3v) is 8.45. The number of Topliss-reactive ketones (excluding diaryl/α,β-unsaturated/α-hetero) is 1. The number of pyridine rings is 1. The Kier molecular flexibility index (Phi) is 4.71. The highest BCUT2D eigenvalue weighted by Gasteiger charge is 2.55. The molecule has 2 bridgehead atoms. The van der Waals surface area contributed by atoms with E-state index in [0.717, 1.165) is 49.9 Å². The van der Waals surface area contributed by atoms with Crippen LogP contribution in [0.1, 0.15) is 62.2 Å². The summed E-state index contributed by atoms with van der Waals surface area (Å²) in [6.45, 7) is 0.458. The van der Waals surface area contributed by atoms with Crippen molar-refractivity contribution in [2.24, 2.45) is 10.8 Å². The van der Waals surface area contributed by atoms with Crippen LogP contribution in [0.3, 0.4) is 0 Å². The van der Waals surface area contributed by atoms with Gasteiger partial charge >= 0.3 is 0 Å². The van der Waals surface area contributed by atoms with Gasteiger partial charge in [-0.05, 0) is 56.2 Å². The van der Waals surface area contributed by atoms with Crippen LogP contribution in [-0.2, 0) is 16.1 Å². The number of carbonyl (C=O) groups is 2. The van der Waals surface area contributed by atoms with E-state index in [1.807, 2.05) is 42.9 Å². The molecule has 33 heavy (non-hydrogen) atoms. The van der Waals surface area contributed by atoms with Gasteiger partial charge in [-0.2, -0.15) is 0 Å². The second kappa shape index (κ2) is 7.65. The molecule has 0 radical (unpaired) electrons. The molecule has 3 aliphatic carbocycles. The van der Waals surface area contributed by atoms with Crippen LogP contribution in [-0.4, -0.2) is 26.2 Å². The van der Waals surface area contributed by atoms with Crippen LogP contribution in [0.2, 0.25) is 0 Å². The minimum absolute atomic E-state index is 0.0239. The predicted molar refractivity (Wildman–Crippen MR) is 124 cm³/mol. The molecule has 6 nitrogen and oxygen atoms in total. The maximum Gasteiger partial charge on any atom is 0.226 e. The smallest absolute Gasteiger partial charge is 0.226 e. The molecule has 7 rings (SSSR count). The Morgan fingerprint density at radius 1 is 0.970 bits per heavy atom. The van der Waals surface area contributed by atoms with Crippen LogP contribution < -0.4 is 5.32 Å². The quantitative estimate of drug-likeness (QED) is 0.614. The van der Waals surface area contributed by atoms with Gasteiger partial charge in [0.15, 0.2) is 0 Å². The maximum absolute atomic E-state index is 13.7. The predicted octanol–water partition coefficient (Wildman–Crippen LogP) is 4.46. The number of nitrogens with zero attached hydrogens (tertiary/aromatic N) is 3. The summed E-state index contributed by atoms with van der Waals surface area (Å²) in [7, 11) is 0. The largest absolute Gasteiger partial charge is 0.350 e. The summed E-state index contributed by atoms with van der Waals surface area (Å²) in [5.41, 5.74) is 3.76. The van der Waals surface area contributed by atoms with Crippen LogP contribution in [0.5, 0.6) is 0 Å². The monoisotopic (exact) mass is 440 g/mol. The molecule has 1 aromatic carbocycles. The van der Waals surface area contributed by atoms with E-state index in [9.17, 15) is 9.59 Å². The van der Waals surface area contributed by atoms with E-state index in [1.54, 1.807) is 6.20 Å². The summed E-state index contributed by atoms with van der Waals surface area (Å²) in [6.07, 6.45) is 10.8. The number of carbonyl (C=O) groups excluding carboxylic acids is 2. The Labute approximate surface area is 193 Å². The van der Waals surface area contributed by atoms with Crippen molar-refractivity contribution in [3.63, 3.8) is 0 Å². The second-order valence-electron chi connectivity index (χ2n) is 9.98. The van der Waals surface area contributed by atoms with Crippen LogP contribution in [0.25, 0.3) is 11.3 Å². The van der Waals surface area contributed by atoms with E-state index >= 15 is 0 Å². The molecule has 168 valence electrons. The number of imidazole rings is 1. The Hall–Kier alpha value is -3.28. The maximum atomic E-state index is 13.7. The standard InChI is InChI=1S/C27H28N4O2/c32-24(15-22-20-6-1-2-7-21(20)23-17-28-18-31(22)23)26-8-11-27(12-9-26,13-10-26)25(33)30-16-19-5-3-4-14-29-19/h1-7,14,17-18,22H,8-13,15-16H2,(H,30,33). The van der Waals surface area contributed by atoms with Gasteiger partial charge in [0.2, 0.25) is 5.91 Å². The van der Waals surface area contributed by atoms with Crippen LogP contribution in [0.15, 0.2) is 61.2 Å². The van der Waals surface area contributed by atoms with Crippen molar-refractivity contribution in [2.45, 2.75) is 57.5 Å². The van der Waals surface area contributed by atoms with Crippen molar-refractivity contribution in [3.05, 3.63) is 72.4 Å². The van der Waals surface area contributed by atoms with Gasteiger partial charge in [-0.15, -0.1) is 0 Å². The Morgan fingerprint density at radius 2 is 1.70 bits per heavy atom. The molecular formula is C27H28N4O2. The highest BCUT2D eigenvalue weighted by atomic mass is 16.2. The molecule has 1 aliphatic heterocycles. The molecule has 0 spiro atoms. The fraction of sp³-hybridized carbons (Fsp3) is 0.407. The molecule has 3 aromatic rings. The topological polar surface area (TPSA) is 76.9 Å². The van der Waals surface area contributed by atoms with Crippen molar-refractivity contribution < 1.29 is 9.59 Å². The molecule has 1 amide bonds. The van der Waals surface area contributed by atoms with Gasteiger partial charge in [-0.1, -0.05) is 30.3 Å². The summed E-state index contributed by atoms with van der Waals surface area (Å²) in [5, 5.41) is 3.11.